The highest BCUT2D eigenvalue weighted by atomic mass is 32.1. The fraction of sp³-hybridized carbons (Fsp3) is 0.400. The maximum atomic E-state index is 13.4. The molecule has 3 heterocycles. The molecule has 0 atom stereocenters. The summed E-state index contributed by atoms with van der Waals surface area (Å²) in [5, 5.41) is 10.9. The van der Waals surface area contributed by atoms with Crippen molar-refractivity contribution >= 4 is 33.3 Å². The second-order valence-electron chi connectivity index (χ2n) is 8.66. The van der Waals surface area contributed by atoms with Gasteiger partial charge in [0.1, 0.15) is 16.5 Å². The number of aromatic hydroxyl groups is 1. The number of phenols is 1. The van der Waals surface area contributed by atoms with Crippen LogP contribution in [0.5, 0.6) is 5.75 Å². The van der Waals surface area contributed by atoms with Crippen LogP contribution in [0.2, 0.25) is 0 Å². The molecule has 33 heavy (non-hydrogen) atoms. The first-order chi connectivity index (χ1) is 16.0. The fourth-order valence-electron chi connectivity index (χ4n) is 4.76. The molecule has 1 aliphatic carbocycles. The fourth-order valence-corrected chi connectivity index (χ4v) is 6.03. The van der Waals surface area contributed by atoms with Crippen LogP contribution < -0.4 is 4.90 Å². The summed E-state index contributed by atoms with van der Waals surface area (Å²) in [6.45, 7) is 6.34. The number of rotatable bonds is 5. The Labute approximate surface area is 196 Å². The highest BCUT2D eigenvalue weighted by Crippen LogP contribution is 2.40. The summed E-state index contributed by atoms with van der Waals surface area (Å²) in [6, 6.07) is 4.44. The average molecular weight is 467 g/mol. The minimum atomic E-state index is -0.614. The quantitative estimate of drug-likeness (QED) is 0.575. The number of amides is 1. The average Bonchev–Trinajstić information content (AvgIpc) is 3.22. The third kappa shape index (κ3) is 4.31. The summed E-state index contributed by atoms with van der Waals surface area (Å²) in [7, 11) is 0. The van der Waals surface area contributed by atoms with E-state index in [9.17, 15) is 14.3 Å². The number of piperazine rings is 1. The number of benzene rings is 1. The van der Waals surface area contributed by atoms with Gasteiger partial charge in [-0.15, -0.1) is 11.3 Å². The standard InChI is InChI=1S/C25H27FN4O2S/c1-2-22(32)29-11-13-30(14-12-29)24-23-17-5-3-4-6-20(17)33-25(23)28-21(27-24)10-8-16-7-9-18(26)19(31)15-16/h2,7,9,15,31H,1,3-6,8,10-14H2. The lowest BCUT2D eigenvalue weighted by Crippen LogP contribution is -2.48. The summed E-state index contributed by atoms with van der Waals surface area (Å²) in [5.41, 5.74) is 2.25. The van der Waals surface area contributed by atoms with Gasteiger partial charge in [0.2, 0.25) is 5.91 Å². The van der Waals surface area contributed by atoms with E-state index in [1.807, 2.05) is 4.90 Å². The molecule has 172 valence electrons. The monoisotopic (exact) mass is 466 g/mol. The van der Waals surface area contributed by atoms with Gasteiger partial charge in [0.25, 0.3) is 0 Å². The Morgan fingerprint density at radius 1 is 1.15 bits per heavy atom. The molecule has 0 spiro atoms. The highest BCUT2D eigenvalue weighted by molar-refractivity contribution is 7.19. The second-order valence-corrected chi connectivity index (χ2v) is 9.74. The first-order valence-electron chi connectivity index (χ1n) is 11.5. The number of halogens is 1. The van der Waals surface area contributed by atoms with Gasteiger partial charge in [-0.25, -0.2) is 14.4 Å². The number of thiophene rings is 1. The van der Waals surface area contributed by atoms with E-state index < -0.39 is 5.82 Å². The molecule has 1 saturated heterocycles. The van der Waals surface area contributed by atoms with Gasteiger partial charge in [-0.1, -0.05) is 12.6 Å². The largest absolute Gasteiger partial charge is 0.505 e. The lowest BCUT2D eigenvalue weighted by Gasteiger charge is -2.35. The molecule has 0 unspecified atom stereocenters. The lowest BCUT2D eigenvalue weighted by molar-refractivity contribution is -0.126. The van der Waals surface area contributed by atoms with Gasteiger partial charge in [-0.05, 0) is 61.4 Å². The van der Waals surface area contributed by atoms with E-state index in [1.54, 1.807) is 17.4 Å². The molecule has 1 aromatic carbocycles. The van der Waals surface area contributed by atoms with Crippen molar-refractivity contribution < 1.29 is 14.3 Å². The van der Waals surface area contributed by atoms with Crippen LogP contribution in [0.15, 0.2) is 30.9 Å². The van der Waals surface area contributed by atoms with Crippen molar-refractivity contribution in [2.24, 2.45) is 0 Å². The zero-order valence-corrected chi connectivity index (χ0v) is 19.3. The zero-order chi connectivity index (χ0) is 22.9. The third-order valence-electron chi connectivity index (χ3n) is 6.56. The van der Waals surface area contributed by atoms with Crippen LogP contribution in [0.1, 0.15) is 34.7 Å². The minimum Gasteiger partial charge on any atom is -0.505 e. The van der Waals surface area contributed by atoms with Crippen LogP contribution in [-0.2, 0) is 30.5 Å². The Kier molecular flexibility index (Phi) is 6.01. The van der Waals surface area contributed by atoms with E-state index in [0.717, 1.165) is 48.0 Å². The van der Waals surface area contributed by atoms with Crippen LogP contribution in [0.25, 0.3) is 10.2 Å². The van der Waals surface area contributed by atoms with Gasteiger partial charge in [0.05, 0.1) is 5.39 Å². The number of carbonyl (C=O) groups excluding carboxylic acids is 1. The molecule has 6 nitrogen and oxygen atoms in total. The molecule has 0 saturated carbocycles. The van der Waals surface area contributed by atoms with Gasteiger partial charge in [-0.3, -0.25) is 4.79 Å². The first kappa shape index (κ1) is 21.8. The van der Waals surface area contributed by atoms with Crippen molar-refractivity contribution in [3.8, 4) is 5.75 Å². The molecule has 1 fully saturated rings. The topological polar surface area (TPSA) is 69.6 Å². The number of hydrogen-bond donors (Lipinski definition) is 1. The predicted molar refractivity (Wildman–Crippen MR) is 129 cm³/mol. The molecule has 5 rings (SSSR count). The maximum absolute atomic E-state index is 13.4. The molecule has 2 aromatic heterocycles. The summed E-state index contributed by atoms with van der Waals surface area (Å²) in [6.07, 6.45) is 7.16. The van der Waals surface area contributed by atoms with Gasteiger partial charge < -0.3 is 14.9 Å². The number of nitrogens with zero attached hydrogens (tertiary/aromatic N) is 4. The summed E-state index contributed by atoms with van der Waals surface area (Å²) >= 11 is 1.78. The molecule has 3 aromatic rings. The van der Waals surface area contributed by atoms with Crippen molar-refractivity contribution in [3.63, 3.8) is 0 Å². The number of phenolic OH excluding ortho intramolecular Hbond substituents is 1. The molecule has 0 bridgehead atoms. The normalized spacial score (nSPS) is 16.2. The molecule has 1 amide bonds. The van der Waals surface area contributed by atoms with E-state index in [2.05, 4.69) is 11.5 Å². The van der Waals surface area contributed by atoms with Crippen molar-refractivity contribution in [3.05, 3.63) is 58.5 Å². The van der Waals surface area contributed by atoms with Gasteiger partial charge >= 0.3 is 0 Å². The Balaban J connectivity index is 1.46. The molecule has 1 aliphatic heterocycles. The Bertz CT molecular complexity index is 1220. The summed E-state index contributed by atoms with van der Waals surface area (Å²) in [5.74, 6) is 0.754. The first-order valence-corrected chi connectivity index (χ1v) is 12.3. The smallest absolute Gasteiger partial charge is 0.246 e. The number of hydrogen-bond acceptors (Lipinski definition) is 6. The number of fused-ring (bicyclic) bond motifs is 3. The van der Waals surface area contributed by atoms with Crippen LogP contribution in [-0.4, -0.2) is 52.1 Å². The molecule has 8 heteroatoms. The van der Waals surface area contributed by atoms with Gasteiger partial charge in [0.15, 0.2) is 11.6 Å². The van der Waals surface area contributed by atoms with Gasteiger partial charge in [-0.2, -0.15) is 0 Å². The highest BCUT2D eigenvalue weighted by Gasteiger charge is 2.27. The molecular formula is C25H27FN4O2S. The van der Waals surface area contributed by atoms with E-state index in [0.29, 0.717) is 25.9 Å². The molecule has 2 aliphatic rings. The summed E-state index contributed by atoms with van der Waals surface area (Å²) < 4.78 is 13.4. The third-order valence-corrected chi connectivity index (χ3v) is 7.74. The van der Waals surface area contributed by atoms with E-state index in [-0.39, 0.29) is 11.7 Å². The Morgan fingerprint density at radius 2 is 1.94 bits per heavy atom. The minimum absolute atomic E-state index is 0.0290. The number of aryl methyl sites for hydroxylation is 4. The van der Waals surface area contributed by atoms with Crippen LogP contribution in [0.3, 0.4) is 0 Å². The van der Waals surface area contributed by atoms with E-state index in [4.69, 9.17) is 9.97 Å². The number of aromatic nitrogens is 2. The number of carbonyl (C=O) groups is 1. The molecular weight excluding hydrogens is 439 g/mol. The van der Waals surface area contributed by atoms with E-state index >= 15 is 0 Å². The lowest BCUT2D eigenvalue weighted by atomic mass is 9.96. The summed E-state index contributed by atoms with van der Waals surface area (Å²) in [4.78, 5) is 28.5. The SMILES string of the molecule is C=CC(=O)N1CCN(c2nc(CCc3ccc(F)c(O)c3)nc3sc4c(c23)CCCC4)CC1. The van der Waals surface area contributed by atoms with Gasteiger partial charge in [0, 0.05) is 37.5 Å². The van der Waals surface area contributed by atoms with E-state index in [1.165, 1.54) is 46.9 Å². The molecule has 0 radical (unpaired) electrons. The van der Waals surface area contributed by atoms with Crippen LogP contribution >= 0.6 is 11.3 Å². The van der Waals surface area contributed by atoms with Crippen LogP contribution in [0, 0.1) is 5.82 Å². The number of anilines is 1. The second kappa shape index (κ2) is 9.09. The van der Waals surface area contributed by atoms with Crippen molar-refractivity contribution in [1.82, 2.24) is 14.9 Å². The Hall–Kier alpha value is -3.00. The Morgan fingerprint density at radius 3 is 2.70 bits per heavy atom. The predicted octanol–water partition coefficient (Wildman–Crippen LogP) is 4.03. The zero-order valence-electron chi connectivity index (χ0n) is 18.5. The van der Waals surface area contributed by atoms with Crippen molar-refractivity contribution in [2.45, 2.75) is 38.5 Å². The van der Waals surface area contributed by atoms with Crippen molar-refractivity contribution in [1.29, 1.82) is 0 Å². The molecule has 1 N–H and O–H groups in total. The maximum Gasteiger partial charge on any atom is 0.246 e. The van der Waals surface area contributed by atoms with Crippen molar-refractivity contribution in [2.75, 3.05) is 31.1 Å². The van der Waals surface area contributed by atoms with Crippen LogP contribution in [0.4, 0.5) is 10.2 Å².